The van der Waals surface area contributed by atoms with E-state index in [0.717, 1.165) is 16.7 Å². The standard InChI is InChI=1S/C14H17NO3/c1-4-17-14(16)11-8-12(18-15-11)13-9(2)6-5-7-10(13)3/h5-7,12H,4,8H2,1-3H3. The molecular formula is C14H17NO3. The lowest BCUT2D eigenvalue weighted by molar-refractivity contribution is -0.135. The van der Waals surface area contributed by atoms with Crippen LogP contribution in [-0.4, -0.2) is 18.3 Å². The molecule has 1 unspecified atom stereocenters. The first-order chi connectivity index (χ1) is 8.63. The van der Waals surface area contributed by atoms with Gasteiger partial charge in [-0.05, 0) is 31.9 Å². The van der Waals surface area contributed by atoms with Crippen LogP contribution in [0.1, 0.15) is 36.1 Å². The number of nitrogens with zero attached hydrogens (tertiary/aromatic N) is 1. The molecule has 0 radical (unpaired) electrons. The number of oxime groups is 1. The van der Waals surface area contributed by atoms with E-state index in [9.17, 15) is 4.79 Å². The van der Waals surface area contributed by atoms with E-state index < -0.39 is 0 Å². The summed E-state index contributed by atoms with van der Waals surface area (Å²) in [6, 6.07) is 6.08. The number of carbonyl (C=O) groups excluding carboxylic acids is 1. The minimum Gasteiger partial charge on any atom is -0.461 e. The van der Waals surface area contributed by atoms with Gasteiger partial charge >= 0.3 is 5.97 Å². The Balaban J connectivity index is 2.14. The number of aryl methyl sites for hydroxylation is 2. The first-order valence-electron chi connectivity index (χ1n) is 6.09. The van der Waals surface area contributed by atoms with Crippen molar-refractivity contribution in [1.82, 2.24) is 0 Å². The Morgan fingerprint density at radius 1 is 1.44 bits per heavy atom. The van der Waals surface area contributed by atoms with Crippen molar-refractivity contribution >= 4 is 11.7 Å². The smallest absolute Gasteiger partial charge is 0.356 e. The van der Waals surface area contributed by atoms with Crippen LogP contribution >= 0.6 is 0 Å². The van der Waals surface area contributed by atoms with Crippen LogP contribution in [0.4, 0.5) is 0 Å². The van der Waals surface area contributed by atoms with Crippen LogP contribution in [0.15, 0.2) is 23.4 Å². The molecule has 0 saturated heterocycles. The van der Waals surface area contributed by atoms with E-state index in [1.807, 2.05) is 32.0 Å². The number of benzene rings is 1. The average molecular weight is 247 g/mol. The number of ether oxygens (including phenoxy) is 1. The lowest BCUT2D eigenvalue weighted by Crippen LogP contribution is -2.16. The van der Waals surface area contributed by atoms with Gasteiger partial charge in [0.2, 0.25) is 0 Å². The van der Waals surface area contributed by atoms with Crippen molar-refractivity contribution in [3.05, 3.63) is 34.9 Å². The average Bonchev–Trinajstić information content (AvgIpc) is 2.78. The van der Waals surface area contributed by atoms with Gasteiger partial charge in [-0.3, -0.25) is 0 Å². The third-order valence-corrected chi connectivity index (χ3v) is 3.04. The second kappa shape index (κ2) is 5.21. The van der Waals surface area contributed by atoms with E-state index in [1.54, 1.807) is 6.92 Å². The fraction of sp³-hybridized carbons (Fsp3) is 0.429. The second-order valence-corrected chi connectivity index (χ2v) is 4.36. The van der Waals surface area contributed by atoms with Crippen molar-refractivity contribution in [2.24, 2.45) is 5.16 Å². The molecule has 1 aromatic carbocycles. The van der Waals surface area contributed by atoms with Gasteiger partial charge in [0.25, 0.3) is 0 Å². The Labute approximate surface area is 107 Å². The molecule has 0 amide bonds. The molecular weight excluding hydrogens is 230 g/mol. The molecule has 1 aliphatic heterocycles. The Morgan fingerprint density at radius 3 is 2.72 bits per heavy atom. The number of esters is 1. The summed E-state index contributed by atoms with van der Waals surface area (Å²) < 4.78 is 4.92. The van der Waals surface area contributed by atoms with Crippen molar-refractivity contribution < 1.29 is 14.4 Å². The van der Waals surface area contributed by atoms with Crippen LogP contribution < -0.4 is 0 Å². The fourth-order valence-corrected chi connectivity index (χ4v) is 2.20. The molecule has 1 aromatic rings. The zero-order chi connectivity index (χ0) is 13.1. The maximum atomic E-state index is 11.6. The maximum Gasteiger partial charge on any atom is 0.356 e. The quantitative estimate of drug-likeness (QED) is 0.771. The van der Waals surface area contributed by atoms with Gasteiger partial charge in [-0.2, -0.15) is 0 Å². The summed E-state index contributed by atoms with van der Waals surface area (Å²) in [7, 11) is 0. The molecule has 0 spiro atoms. The van der Waals surface area contributed by atoms with Gasteiger partial charge in [-0.25, -0.2) is 4.79 Å². The number of rotatable bonds is 3. The molecule has 0 saturated carbocycles. The molecule has 1 aliphatic rings. The van der Waals surface area contributed by atoms with Crippen LogP contribution in [-0.2, 0) is 14.4 Å². The molecule has 0 bridgehead atoms. The highest BCUT2D eigenvalue weighted by atomic mass is 16.6. The maximum absolute atomic E-state index is 11.6. The van der Waals surface area contributed by atoms with E-state index in [0.29, 0.717) is 18.7 Å². The second-order valence-electron chi connectivity index (χ2n) is 4.36. The summed E-state index contributed by atoms with van der Waals surface area (Å²) in [5.41, 5.74) is 3.78. The highest BCUT2D eigenvalue weighted by Gasteiger charge is 2.29. The van der Waals surface area contributed by atoms with Crippen molar-refractivity contribution in [3.63, 3.8) is 0 Å². The van der Waals surface area contributed by atoms with Gasteiger partial charge in [0.05, 0.1) is 6.61 Å². The topological polar surface area (TPSA) is 47.9 Å². The summed E-state index contributed by atoms with van der Waals surface area (Å²) in [6.07, 6.45) is 0.301. The summed E-state index contributed by atoms with van der Waals surface area (Å²) in [5, 5.41) is 3.84. The molecule has 2 rings (SSSR count). The number of hydrogen-bond acceptors (Lipinski definition) is 4. The van der Waals surface area contributed by atoms with E-state index in [1.165, 1.54) is 0 Å². The van der Waals surface area contributed by atoms with Crippen LogP contribution in [0, 0.1) is 13.8 Å². The van der Waals surface area contributed by atoms with Gasteiger partial charge < -0.3 is 9.57 Å². The minimum absolute atomic E-state index is 0.175. The summed E-state index contributed by atoms with van der Waals surface area (Å²) >= 11 is 0. The molecule has 4 nitrogen and oxygen atoms in total. The van der Waals surface area contributed by atoms with E-state index in [4.69, 9.17) is 9.57 Å². The zero-order valence-electron chi connectivity index (χ0n) is 10.9. The van der Waals surface area contributed by atoms with Gasteiger partial charge in [-0.1, -0.05) is 23.4 Å². The highest BCUT2D eigenvalue weighted by Crippen LogP contribution is 2.32. The summed E-state index contributed by atoms with van der Waals surface area (Å²) in [4.78, 5) is 16.9. The van der Waals surface area contributed by atoms with Gasteiger partial charge in [-0.15, -0.1) is 0 Å². The van der Waals surface area contributed by atoms with Crippen molar-refractivity contribution in [2.75, 3.05) is 6.61 Å². The Bertz CT molecular complexity index is 474. The predicted molar refractivity (Wildman–Crippen MR) is 68.4 cm³/mol. The summed E-state index contributed by atoms with van der Waals surface area (Å²) in [5.74, 6) is -0.383. The van der Waals surface area contributed by atoms with Crippen LogP contribution in [0.2, 0.25) is 0 Å². The zero-order valence-corrected chi connectivity index (χ0v) is 10.9. The van der Waals surface area contributed by atoms with Gasteiger partial charge in [0.1, 0.15) is 0 Å². The van der Waals surface area contributed by atoms with Crippen LogP contribution in [0.5, 0.6) is 0 Å². The molecule has 4 heteroatoms. The minimum atomic E-state index is -0.383. The van der Waals surface area contributed by atoms with E-state index in [-0.39, 0.29) is 12.1 Å². The molecule has 1 heterocycles. The summed E-state index contributed by atoms with van der Waals surface area (Å²) in [6.45, 7) is 6.20. The third kappa shape index (κ3) is 2.37. The van der Waals surface area contributed by atoms with E-state index in [2.05, 4.69) is 5.16 Å². The Kier molecular flexibility index (Phi) is 3.65. The Morgan fingerprint density at radius 2 is 2.11 bits per heavy atom. The molecule has 96 valence electrons. The first-order valence-corrected chi connectivity index (χ1v) is 6.09. The van der Waals surface area contributed by atoms with Gasteiger partial charge in [0.15, 0.2) is 11.8 Å². The molecule has 18 heavy (non-hydrogen) atoms. The lowest BCUT2D eigenvalue weighted by atomic mass is 9.95. The predicted octanol–water partition coefficient (Wildman–Crippen LogP) is 2.68. The lowest BCUT2D eigenvalue weighted by Gasteiger charge is -2.14. The van der Waals surface area contributed by atoms with Crippen molar-refractivity contribution in [3.8, 4) is 0 Å². The largest absolute Gasteiger partial charge is 0.461 e. The normalized spacial score (nSPS) is 18.2. The SMILES string of the molecule is CCOC(=O)C1=NOC(c2c(C)cccc2C)C1. The molecule has 0 aromatic heterocycles. The van der Waals surface area contributed by atoms with Gasteiger partial charge in [0, 0.05) is 12.0 Å². The van der Waals surface area contributed by atoms with Crippen molar-refractivity contribution in [2.45, 2.75) is 33.3 Å². The highest BCUT2D eigenvalue weighted by molar-refractivity contribution is 6.36. The third-order valence-electron chi connectivity index (χ3n) is 3.04. The first kappa shape index (κ1) is 12.6. The number of hydrogen-bond donors (Lipinski definition) is 0. The number of carbonyl (C=O) groups is 1. The molecule has 0 fully saturated rings. The fourth-order valence-electron chi connectivity index (χ4n) is 2.20. The molecule has 0 aliphatic carbocycles. The Hall–Kier alpha value is -1.84. The van der Waals surface area contributed by atoms with Crippen molar-refractivity contribution in [1.29, 1.82) is 0 Å². The molecule has 1 atom stereocenters. The molecule has 0 N–H and O–H groups in total. The van der Waals surface area contributed by atoms with Crippen LogP contribution in [0.3, 0.4) is 0 Å². The monoisotopic (exact) mass is 247 g/mol. The van der Waals surface area contributed by atoms with Crippen LogP contribution in [0.25, 0.3) is 0 Å². The van der Waals surface area contributed by atoms with E-state index >= 15 is 0 Å².